The minimum Gasteiger partial charge on any atom is -0.440 e. The zero-order valence-electron chi connectivity index (χ0n) is 9.06. The third kappa shape index (κ3) is 5.34. The predicted molar refractivity (Wildman–Crippen MR) is 89.3 cm³/mol. The van der Waals surface area contributed by atoms with Gasteiger partial charge in [-0.25, -0.2) is 0 Å². The number of hydrogen-bond donors (Lipinski definition) is 0. The SMILES string of the molecule is I[I-]I.O=[N+]([O-])c1ccc2[n+](c1)CCC(CI)O2. The average Bonchev–Trinajstić information content (AvgIpc) is 2.38. The molecule has 0 spiro atoms. The largest absolute Gasteiger partial charge is 0.440 e. The van der Waals surface area contributed by atoms with Gasteiger partial charge in [-0.05, 0) is 0 Å². The minimum atomic E-state index is -0.391. The molecule has 2 heterocycles. The van der Waals surface area contributed by atoms with Crippen molar-refractivity contribution in [1.29, 1.82) is 0 Å². The van der Waals surface area contributed by atoms with Gasteiger partial charge >= 0.3 is 62.1 Å². The number of aryl methyl sites for hydroxylation is 1. The van der Waals surface area contributed by atoms with Crippen LogP contribution in [0, 0.1) is 10.1 Å². The summed E-state index contributed by atoms with van der Waals surface area (Å²) in [4.78, 5) is 10.2. The van der Waals surface area contributed by atoms with Crippen molar-refractivity contribution in [1.82, 2.24) is 0 Å². The number of pyridine rings is 1. The van der Waals surface area contributed by atoms with Crippen LogP contribution in [0.25, 0.3) is 0 Å². The molecule has 0 N–H and O–H groups in total. The summed E-state index contributed by atoms with van der Waals surface area (Å²) in [6.07, 6.45) is 2.66. The van der Waals surface area contributed by atoms with Gasteiger partial charge in [-0.3, -0.25) is 10.1 Å². The summed E-state index contributed by atoms with van der Waals surface area (Å²) >= 11 is 7.58. The Morgan fingerprint density at radius 2 is 2.22 bits per heavy atom. The second-order valence-corrected chi connectivity index (χ2v) is 20.5. The molecule has 5 nitrogen and oxygen atoms in total. The van der Waals surface area contributed by atoms with Gasteiger partial charge in [0.05, 0.1) is 11.0 Å². The van der Waals surface area contributed by atoms with Crippen LogP contribution in [0.15, 0.2) is 18.3 Å². The Bertz CT molecular complexity index is 419. The molecule has 1 aromatic heterocycles. The van der Waals surface area contributed by atoms with E-state index in [9.17, 15) is 10.1 Å². The third-order valence-electron chi connectivity index (χ3n) is 2.33. The van der Waals surface area contributed by atoms with Crippen LogP contribution in [0.1, 0.15) is 6.42 Å². The molecule has 0 radical (unpaired) electrons. The van der Waals surface area contributed by atoms with Gasteiger partial charge in [-0.15, -0.1) is 0 Å². The Hall–Kier alpha value is 1.27. The summed E-state index contributed by atoms with van der Waals surface area (Å²) in [5, 5.41) is 10.6. The van der Waals surface area contributed by atoms with E-state index >= 15 is 0 Å². The van der Waals surface area contributed by atoms with Crippen LogP contribution in [0.4, 0.5) is 5.69 Å². The topological polar surface area (TPSA) is 56.2 Å². The van der Waals surface area contributed by atoms with Crippen LogP contribution < -0.4 is 22.6 Å². The molecule has 0 aliphatic carbocycles. The van der Waals surface area contributed by atoms with E-state index in [1.165, 1.54) is 12.3 Å². The van der Waals surface area contributed by atoms with E-state index < -0.39 is 4.92 Å². The van der Waals surface area contributed by atoms with Gasteiger partial charge in [0, 0.05) is 16.9 Å². The van der Waals surface area contributed by atoms with Crippen molar-refractivity contribution in [2.45, 2.75) is 19.1 Å². The maximum absolute atomic E-state index is 10.6. The summed E-state index contributed by atoms with van der Waals surface area (Å²) in [6.45, 7) is 0.782. The molecule has 0 aromatic carbocycles. The number of aromatic nitrogens is 1. The molecule has 9 heteroatoms. The van der Waals surface area contributed by atoms with Gasteiger partial charge in [-0.2, -0.15) is 4.57 Å². The summed E-state index contributed by atoms with van der Waals surface area (Å²) in [5.41, 5.74) is 0.107. The fraction of sp³-hybridized carbons (Fsp3) is 0.444. The van der Waals surface area contributed by atoms with Crippen molar-refractivity contribution in [3.63, 3.8) is 0 Å². The third-order valence-corrected chi connectivity index (χ3v) is 3.31. The standard InChI is InChI=1S/C9H10IN2O3.I3/c10-5-8-3-4-11-6-7(12(13)14)1-2-9(11)15-8;1-3-2/h1-2,6,8H,3-5H2;/q+1;-1. The molecule has 18 heavy (non-hydrogen) atoms. The van der Waals surface area contributed by atoms with Gasteiger partial charge in [0.1, 0.15) is 6.10 Å². The molecule has 1 unspecified atom stereocenters. The first kappa shape index (κ1) is 17.3. The van der Waals surface area contributed by atoms with Gasteiger partial charge in [0.25, 0.3) is 0 Å². The molecule has 1 atom stereocenters. The van der Waals surface area contributed by atoms with Crippen molar-refractivity contribution < 1.29 is 27.5 Å². The molecule has 102 valence electrons. The van der Waals surface area contributed by atoms with Crippen molar-refractivity contribution in [3.8, 4) is 5.88 Å². The van der Waals surface area contributed by atoms with E-state index in [2.05, 4.69) is 59.8 Å². The van der Waals surface area contributed by atoms with Crippen LogP contribution >= 0.6 is 59.8 Å². The molecular weight excluding hydrogens is 692 g/mol. The molecule has 0 bridgehead atoms. The van der Waals surface area contributed by atoms with Gasteiger partial charge in [0.15, 0.2) is 6.54 Å². The van der Waals surface area contributed by atoms with Crippen molar-refractivity contribution in [3.05, 3.63) is 28.4 Å². The van der Waals surface area contributed by atoms with E-state index in [1.807, 2.05) is 0 Å². The number of rotatable bonds is 2. The van der Waals surface area contributed by atoms with Crippen molar-refractivity contribution in [2.75, 3.05) is 4.43 Å². The number of ether oxygens (including phenoxy) is 1. The monoisotopic (exact) mass is 702 g/mol. The molecule has 0 amide bonds. The molecule has 1 aromatic rings. The number of nitro groups is 1. The van der Waals surface area contributed by atoms with Crippen LogP contribution in [-0.2, 0) is 6.54 Å². The summed E-state index contributed by atoms with van der Waals surface area (Å²) in [7, 11) is 0. The molecular formula is C9H10I4N2O3. The summed E-state index contributed by atoms with van der Waals surface area (Å²) < 4.78 is 8.38. The van der Waals surface area contributed by atoms with Crippen LogP contribution in [0.3, 0.4) is 0 Å². The number of hydrogen-bond acceptors (Lipinski definition) is 3. The number of nitrogens with zero attached hydrogens (tertiary/aromatic N) is 2. The Labute approximate surface area is 148 Å². The van der Waals surface area contributed by atoms with E-state index in [0.717, 1.165) is 17.4 Å². The molecule has 0 fully saturated rings. The van der Waals surface area contributed by atoms with Gasteiger partial charge in [-0.1, -0.05) is 22.6 Å². The Morgan fingerprint density at radius 3 is 2.78 bits per heavy atom. The zero-order valence-corrected chi connectivity index (χ0v) is 17.7. The molecule has 1 aliphatic rings. The number of alkyl halides is 1. The first-order chi connectivity index (χ1) is 8.62. The first-order valence-electron chi connectivity index (χ1n) is 4.90. The summed E-state index contributed by atoms with van der Waals surface area (Å²) in [6, 6.07) is 3.14. The number of fused-ring (bicyclic) bond motifs is 1. The fourth-order valence-corrected chi connectivity index (χ4v) is 2.15. The predicted octanol–water partition coefficient (Wildman–Crippen LogP) is 0.244. The Kier molecular flexibility index (Phi) is 8.90. The van der Waals surface area contributed by atoms with Crippen LogP contribution in [0.5, 0.6) is 5.88 Å². The molecule has 1 aliphatic heterocycles. The van der Waals surface area contributed by atoms with Gasteiger partial charge in [0.2, 0.25) is 6.20 Å². The second-order valence-electron chi connectivity index (χ2n) is 3.41. The molecule has 2 rings (SSSR count). The summed E-state index contributed by atoms with van der Waals surface area (Å²) in [5.74, 6) is 0.716. The van der Waals surface area contributed by atoms with Gasteiger partial charge < -0.3 is 4.74 Å². The molecule has 0 saturated heterocycles. The van der Waals surface area contributed by atoms with E-state index in [1.54, 1.807) is 10.6 Å². The van der Waals surface area contributed by atoms with E-state index in [0.29, 0.717) is 19.1 Å². The molecule has 0 saturated carbocycles. The average molecular weight is 702 g/mol. The minimum absolute atomic E-state index is 0.107. The van der Waals surface area contributed by atoms with E-state index in [-0.39, 0.29) is 11.8 Å². The van der Waals surface area contributed by atoms with Crippen molar-refractivity contribution in [2.24, 2.45) is 0 Å². The van der Waals surface area contributed by atoms with E-state index in [4.69, 9.17) is 4.74 Å². The van der Waals surface area contributed by atoms with Crippen LogP contribution in [-0.4, -0.2) is 15.5 Å². The quantitative estimate of drug-likeness (QED) is 0.146. The Morgan fingerprint density at radius 1 is 1.56 bits per heavy atom. The zero-order chi connectivity index (χ0) is 13.5. The Balaban J connectivity index is 0.000000492. The first-order valence-corrected chi connectivity index (χ1v) is 19.0. The number of halogens is 4. The fourth-order valence-electron chi connectivity index (χ4n) is 1.53. The maximum atomic E-state index is 10.6. The second kappa shape index (κ2) is 9.25. The normalized spacial score (nSPS) is 17.2. The van der Waals surface area contributed by atoms with Crippen LogP contribution in [0.2, 0.25) is 0 Å². The smallest absolute Gasteiger partial charge is 0.368 e. The maximum Gasteiger partial charge on any atom is 0.368 e. The van der Waals surface area contributed by atoms with Crippen molar-refractivity contribution >= 4 is 65.5 Å².